The molecule has 1 aromatic rings. The quantitative estimate of drug-likeness (QED) is 0.873. The summed E-state index contributed by atoms with van der Waals surface area (Å²) >= 11 is 0. The molecule has 1 heterocycles. The molecule has 2 rings (SSSR count). The molecule has 0 saturated carbocycles. The van der Waals surface area contributed by atoms with Gasteiger partial charge in [0.05, 0.1) is 6.54 Å². The van der Waals surface area contributed by atoms with Crippen molar-refractivity contribution >= 4 is 5.91 Å². The fourth-order valence-corrected chi connectivity index (χ4v) is 2.48. The summed E-state index contributed by atoms with van der Waals surface area (Å²) in [7, 11) is 1.77. The lowest BCUT2D eigenvalue weighted by molar-refractivity contribution is -0.131. The molecule has 1 aromatic carbocycles. The van der Waals surface area contributed by atoms with Crippen molar-refractivity contribution < 1.29 is 13.9 Å². The molecule has 21 heavy (non-hydrogen) atoms. The lowest BCUT2D eigenvalue weighted by atomic mass is 9.96. The van der Waals surface area contributed by atoms with Crippen molar-refractivity contribution in [2.75, 3.05) is 33.3 Å². The van der Waals surface area contributed by atoms with Gasteiger partial charge in [0.2, 0.25) is 5.91 Å². The van der Waals surface area contributed by atoms with Crippen molar-refractivity contribution in [2.24, 2.45) is 5.92 Å². The fraction of sp³-hybridized carbons (Fsp3) is 0.562. The largest absolute Gasteiger partial charge is 0.489 e. The highest BCUT2D eigenvalue weighted by atomic mass is 19.1. The SMILES string of the molecule is CN(CCOc1ccccc1F)C(=O)CC1CCCNC1. The number of carbonyl (C=O) groups is 1. The first-order valence-corrected chi connectivity index (χ1v) is 7.49. The van der Waals surface area contributed by atoms with Crippen molar-refractivity contribution in [2.45, 2.75) is 19.3 Å². The van der Waals surface area contributed by atoms with Gasteiger partial charge in [-0.25, -0.2) is 4.39 Å². The van der Waals surface area contributed by atoms with E-state index in [2.05, 4.69) is 5.32 Å². The molecular weight excluding hydrogens is 271 g/mol. The highest BCUT2D eigenvalue weighted by Crippen LogP contribution is 2.16. The van der Waals surface area contributed by atoms with Crippen LogP contribution in [-0.4, -0.2) is 44.1 Å². The Morgan fingerprint density at radius 2 is 2.29 bits per heavy atom. The Morgan fingerprint density at radius 3 is 3.00 bits per heavy atom. The average molecular weight is 294 g/mol. The standard InChI is InChI=1S/C16H23FN2O2/c1-19(16(20)11-13-5-4-8-18-12-13)9-10-21-15-7-3-2-6-14(15)17/h2-3,6-7,13,18H,4-5,8-12H2,1H3. The van der Waals surface area contributed by atoms with Crippen LogP contribution in [0, 0.1) is 11.7 Å². The van der Waals surface area contributed by atoms with Crippen molar-refractivity contribution in [1.29, 1.82) is 0 Å². The predicted octanol–water partition coefficient (Wildman–Crippen LogP) is 2.05. The number of likely N-dealkylation sites (N-methyl/N-ethyl adjacent to an activating group) is 1. The second kappa shape index (κ2) is 7.98. The minimum absolute atomic E-state index is 0.126. The molecular formula is C16H23FN2O2. The molecule has 1 atom stereocenters. The third-order valence-corrected chi connectivity index (χ3v) is 3.81. The van der Waals surface area contributed by atoms with Crippen LogP contribution in [0.15, 0.2) is 24.3 Å². The average Bonchev–Trinajstić information content (AvgIpc) is 2.50. The normalized spacial score (nSPS) is 18.3. The lowest BCUT2D eigenvalue weighted by Crippen LogP contribution is -2.36. The van der Waals surface area contributed by atoms with Crippen LogP contribution >= 0.6 is 0 Å². The van der Waals surface area contributed by atoms with E-state index in [4.69, 9.17) is 4.74 Å². The van der Waals surface area contributed by atoms with Gasteiger partial charge in [-0.05, 0) is 44.0 Å². The molecule has 1 fully saturated rings. The highest BCUT2D eigenvalue weighted by Gasteiger charge is 2.19. The van der Waals surface area contributed by atoms with Gasteiger partial charge in [0.1, 0.15) is 6.61 Å². The molecule has 1 N–H and O–H groups in total. The fourth-order valence-electron chi connectivity index (χ4n) is 2.48. The molecule has 1 aliphatic rings. The Labute approximate surface area is 125 Å². The van der Waals surface area contributed by atoms with Gasteiger partial charge < -0.3 is 15.0 Å². The van der Waals surface area contributed by atoms with E-state index in [0.29, 0.717) is 25.5 Å². The van der Waals surface area contributed by atoms with Gasteiger partial charge in [0.15, 0.2) is 11.6 Å². The van der Waals surface area contributed by atoms with E-state index in [0.717, 1.165) is 25.9 Å². The summed E-state index contributed by atoms with van der Waals surface area (Å²) in [5.74, 6) is 0.414. The zero-order valence-electron chi connectivity index (χ0n) is 12.5. The van der Waals surface area contributed by atoms with Gasteiger partial charge in [0.25, 0.3) is 0 Å². The van der Waals surface area contributed by atoms with Crippen LogP contribution in [0.3, 0.4) is 0 Å². The van der Waals surface area contributed by atoms with Crippen LogP contribution in [0.25, 0.3) is 0 Å². The van der Waals surface area contributed by atoms with E-state index in [-0.39, 0.29) is 17.5 Å². The number of nitrogens with one attached hydrogen (secondary N) is 1. The summed E-state index contributed by atoms with van der Waals surface area (Å²) in [5, 5.41) is 3.31. The number of benzene rings is 1. The van der Waals surface area contributed by atoms with E-state index in [1.165, 1.54) is 6.07 Å². The minimum atomic E-state index is -0.375. The minimum Gasteiger partial charge on any atom is -0.489 e. The number of hydrogen-bond donors (Lipinski definition) is 1. The smallest absolute Gasteiger partial charge is 0.222 e. The van der Waals surface area contributed by atoms with Crippen LogP contribution in [0.2, 0.25) is 0 Å². The highest BCUT2D eigenvalue weighted by molar-refractivity contribution is 5.76. The Balaban J connectivity index is 1.70. The summed E-state index contributed by atoms with van der Waals surface area (Å²) in [6.45, 7) is 2.74. The molecule has 0 bridgehead atoms. The van der Waals surface area contributed by atoms with E-state index in [9.17, 15) is 9.18 Å². The molecule has 1 aliphatic heterocycles. The van der Waals surface area contributed by atoms with Crippen LogP contribution in [0.5, 0.6) is 5.75 Å². The molecule has 0 radical (unpaired) electrons. The van der Waals surface area contributed by atoms with Crippen LogP contribution in [0.1, 0.15) is 19.3 Å². The molecule has 116 valence electrons. The van der Waals surface area contributed by atoms with Crippen LogP contribution in [-0.2, 0) is 4.79 Å². The van der Waals surface area contributed by atoms with Crippen LogP contribution < -0.4 is 10.1 Å². The first-order valence-electron chi connectivity index (χ1n) is 7.49. The third kappa shape index (κ3) is 5.01. The van der Waals surface area contributed by atoms with E-state index >= 15 is 0 Å². The summed E-state index contributed by atoms with van der Waals surface area (Å²) in [6, 6.07) is 6.30. The number of ether oxygens (including phenoxy) is 1. The zero-order valence-corrected chi connectivity index (χ0v) is 12.5. The third-order valence-electron chi connectivity index (χ3n) is 3.81. The van der Waals surface area contributed by atoms with Crippen molar-refractivity contribution in [3.8, 4) is 5.75 Å². The lowest BCUT2D eigenvalue weighted by Gasteiger charge is -2.25. The number of rotatable bonds is 6. The number of amides is 1. The molecule has 1 amide bonds. The Hall–Kier alpha value is -1.62. The Morgan fingerprint density at radius 1 is 1.48 bits per heavy atom. The number of carbonyl (C=O) groups excluding carboxylic acids is 1. The number of nitrogens with zero attached hydrogens (tertiary/aromatic N) is 1. The summed E-state index contributed by atoms with van der Waals surface area (Å²) in [6.07, 6.45) is 2.82. The maximum absolute atomic E-state index is 13.4. The number of hydrogen-bond acceptors (Lipinski definition) is 3. The summed E-state index contributed by atoms with van der Waals surface area (Å²) < 4.78 is 18.7. The van der Waals surface area contributed by atoms with Crippen LogP contribution in [0.4, 0.5) is 4.39 Å². The molecule has 1 saturated heterocycles. The van der Waals surface area contributed by atoms with E-state index < -0.39 is 0 Å². The number of piperidine rings is 1. The first kappa shape index (κ1) is 15.8. The number of halogens is 1. The van der Waals surface area contributed by atoms with Gasteiger partial charge in [-0.3, -0.25) is 4.79 Å². The topological polar surface area (TPSA) is 41.6 Å². The molecule has 0 aromatic heterocycles. The molecule has 1 unspecified atom stereocenters. The van der Waals surface area contributed by atoms with E-state index in [1.807, 2.05) is 0 Å². The predicted molar refractivity (Wildman–Crippen MR) is 79.7 cm³/mol. The summed E-state index contributed by atoms with van der Waals surface area (Å²) in [5.41, 5.74) is 0. The van der Waals surface area contributed by atoms with Crippen molar-refractivity contribution in [1.82, 2.24) is 10.2 Å². The summed E-state index contributed by atoms with van der Waals surface area (Å²) in [4.78, 5) is 13.8. The van der Waals surface area contributed by atoms with E-state index in [1.54, 1.807) is 30.1 Å². The van der Waals surface area contributed by atoms with Gasteiger partial charge in [0, 0.05) is 13.5 Å². The second-order valence-electron chi connectivity index (χ2n) is 5.51. The number of para-hydroxylation sites is 1. The Kier molecular flexibility index (Phi) is 5.99. The zero-order chi connectivity index (χ0) is 15.1. The van der Waals surface area contributed by atoms with Gasteiger partial charge >= 0.3 is 0 Å². The van der Waals surface area contributed by atoms with Crippen molar-refractivity contribution in [3.63, 3.8) is 0 Å². The second-order valence-corrected chi connectivity index (χ2v) is 5.51. The maximum atomic E-state index is 13.4. The maximum Gasteiger partial charge on any atom is 0.222 e. The van der Waals surface area contributed by atoms with Gasteiger partial charge in [-0.2, -0.15) is 0 Å². The van der Waals surface area contributed by atoms with Crippen molar-refractivity contribution in [3.05, 3.63) is 30.1 Å². The molecule has 5 heteroatoms. The van der Waals surface area contributed by atoms with Gasteiger partial charge in [-0.15, -0.1) is 0 Å². The Bertz CT molecular complexity index is 461. The van der Waals surface area contributed by atoms with Gasteiger partial charge in [-0.1, -0.05) is 12.1 Å². The first-order chi connectivity index (χ1) is 10.2. The molecule has 0 aliphatic carbocycles. The molecule has 4 nitrogen and oxygen atoms in total. The monoisotopic (exact) mass is 294 g/mol. The molecule has 0 spiro atoms.